The molecule has 1 spiro atoms. The molecule has 5 rings (SSSR count). The lowest BCUT2D eigenvalue weighted by molar-refractivity contribution is 0.298. The maximum absolute atomic E-state index is 12.8. The summed E-state index contributed by atoms with van der Waals surface area (Å²) in [5.74, 6) is 0.761. The van der Waals surface area contributed by atoms with Crippen LogP contribution >= 0.6 is 0 Å². The SMILES string of the molecule is CCc1ccc(CN2CC[C@]3(CCn4c3nn(Cc3ccccn3)c(=O)c4=O)C2)cc1. The van der Waals surface area contributed by atoms with Gasteiger partial charge in [0.2, 0.25) is 0 Å². The van der Waals surface area contributed by atoms with Crippen LogP contribution < -0.4 is 11.1 Å². The van der Waals surface area contributed by atoms with Crippen molar-refractivity contribution in [1.82, 2.24) is 24.2 Å². The molecule has 0 aliphatic carbocycles. The fraction of sp³-hybridized carbons (Fsp3) is 0.417. The van der Waals surface area contributed by atoms with E-state index >= 15 is 0 Å². The van der Waals surface area contributed by atoms with Crippen LogP contribution in [0, 0.1) is 0 Å². The summed E-state index contributed by atoms with van der Waals surface area (Å²) < 4.78 is 2.91. The quantitative estimate of drug-likeness (QED) is 0.594. The van der Waals surface area contributed by atoms with Gasteiger partial charge in [0.05, 0.1) is 12.2 Å². The van der Waals surface area contributed by atoms with Gasteiger partial charge >= 0.3 is 11.1 Å². The normalized spacial score (nSPS) is 20.4. The van der Waals surface area contributed by atoms with Crippen molar-refractivity contribution < 1.29 is 0 Å². The number of nitrogens with zero attached hydrogens (tertiary/aromatic N) is 5. The van der Waals surface area contributed by atoms with E-state index in [2.05, 4.69) is 41.1 Å². The molecule has 1 fully saturated rings. The fourth-order valence-electron chi connectivity index (χ4n) is 4.94. The van der Waals surface area contributed by atoms with Crippen LogP contribution in [0.25, 0.3) is 0 Å². The molecule has 0 N–H and O–H groups in total. The van der Waals surface area contributed by atoms with Crippen LogP contribution in [0.4, 0.5) is 0 Å². The zero-order chi connectivity index (χ0) is 21.4. The summed E-state index contributed by atoms with van der Waals surface area (Å²) in [6.45, 7) is 5.66. The van der Waals surface area contributed by atoms with Gasteiger partial charge in [-0.1, -0.05) is 37.3 Å². The Morgan fingerprint density at radius 1 is 0.935 bits per heavy atom. The van der Waals surface area contributed by atoms with E-state index in [-0.39, 0.29) is 12.0 Å². The molecule has 0 bridgehead atoms. The van der Waals surface area contributed by atoms with Crippen molar-refractivity contribution in [3.8, 4) is 0 Å². The molecule has 1 aromatic carbocycles. The summed E-state index contributed by atoms with van der Waals surface area (Å²) in [5.41, 5.74) is 2.17. The Morgan fingerprint density at radius 2 is 1.71 bits per heavy atom. The highest BCUT2D eigenvalue weighted by molar-refractivity contribution is 5.24. The van der Waals surface area contributed by atoms with E-state index in [1.165, 1.54) is 15.8 Å². The zero-order valence-corrected chi connectivity index (χ0v) is 17.8. The zero-order valence-electron chi connectivity index (χ0n) is 17.8. The monoisotopic (exact) mass is 417 g/mol. The second kappa shape index (κ2) is 7.89. The van der Waals surface area contributed by atoms with E-state index in [4.69, 9.17) is 5.10 Å². The van der Waals surface area contributed by atoms with Gasteiger partial charge in [0.25, 0.3) is 0 Å². The van der Waals surface area contributed by atoms with Crippen molar-refractivity contribution in [2.24, 2.45) is 0 Å². The maximum Gasteiger partial charge on any atom is 0.332 e. The number of rotatable bonds is 5. The molecular weight excluding hydrogens is 390 g/mol. The molecule has 0 amide bonds. The number of aryl methyl sites for hydroxylation is 1. The number of hydrogen-bond acceptors (Lipinski definition) is 5. The third kappa shape index (κ3) is 3.63. The number of benzene rings is 1. The highest BCUT2D eigenvalue weighted by atomic mass is 16.2. The van der Waals surface area contributed by atoms with E-state index in [1.807, 2.05) is 18.2 Å². The summed E-state index contributed by atoms with van der Waals surface area (Å²) in [6, 6.07) is 14.4. The molecule has 7 heteroatoms. The van der Waals surface area contributed by atoms with Crippen LogP contribution in [0.5, 0.6) is 0 Å². The van der Waals surface area contributed by atoms with Gasteiger partial charge in [-0.3, -0.25) is 24.0 Å². The molecule has 2 aliphatic rings. The summed E-state index contributed by atoms with van der Waals surface area (Å²) in [6.07, 6.45) is 4.54. The largest absolute Gasteiger partial charge is 0.332 e. The Bertz CT molecular complexity index is 1200. The first kappa shape index (κ1) is 19.9. The van der Waals surface area contributed by atoms with Crippen molar-refractivity contribution in [2.75, 3.05) is 13.1 Å². The molecule has 3 aromatic rings. The Kier molecular flexibility index (Phi) is 5.06. The molecule has 1 saturated heterocycles. The third-order valence-electron chi connectivity index (χ3n) is 6.73. The average molecular weight is 418 g/mol. The van der Waals surface area contributed by atoms with E-state index in [0.29, 0.717) is 6.54 Å². The minimum Gasteiger partial charge on any atom is -0.298 e. The van der Waals surface area contributed by atoms with Crippen molar-refractivity contribution in [3.05, 3.63) is 92.0 Å². The minimum atomic E-state index is -0.572. The van der Waals surface area contributed by atoms with Gasteiger partial charge in [-0.05, 0) is 49.1 Å². The van der Waals surface area contributed by atoms with E-state index in [9.17, 15) is 9.59 Å². The van der Waals surface area contributed by atoms with Crippen LogP contribution in [-0.2, 0) is 31.5 Å². The van der Waals surface area contributed by atoms with Crippen molar-refractivity contribution >= 4 is 0 Å². The lowest BCUT2D eigenvalue weighted by Gasteiger charge is -2.24. The van der Waals surface area contributed by atoms with Gasteiger partial charge in [0, 0.05) is 31.2 Å². The lowest BCUT2D eigenvalue weighted by atomic mass is 9.85. The van der Waals surface area contributed by atoms with Crippen molar-refractivity contribution in [3.63, 3.8) is 0 Å². The number of fused-ring (bicyclic) bond motifs is 2. The second-order valence-corrected chi connectivity index (χ2v) is 8.73. The molecule has 160 valence electrons. The van der Waals surface area contributed by atoms with Gasteiger partial charge < -0.3 is 0 Å². The number of hydrogen-bond donors (Lipinski definition) is 0. The van der Waals surface area contributed by atoms with Crippen LogP contribution in [0.15, 0.2) is 58.3 Å². The molecule has 2 aromatic heterocycles. The summed E-state index contributed by atoms with van der Waals surface area (Å²) in [5, 5.41) is 4.71. The molecule has 2 aliphatic heterocycles. The van der Waals surface area contributed by atoms with Crippen LogP contribution in [0.1, 0.15) is 42.4 Å². The van der Waals surface area contributed by atoms with E-state index in [1.54, 1.807) is 10.8 Å². The molecule has 1 atom stereocenters. The van der Waals surface area contributed by atoms with Crippen LogP contribution in [-0.4, -0.2) is 37.3 Å². The lowest BCUT2D eigenvalue weighted by Crippen LogP contribution is -2.45. The average Bonchev–Trinajstić information content (AvgIpc) is 3.37. The number of aromatic nitrogens is 4. The molecule has 0 saturated carbocycles. The topological polar surface area (TPSA) is 73.0 Å². The van der Waals surface area contributed by atoms with Crippen LogP contribution in [0.2, 0.25) is 0 Å². The smallest absolute Gasteiger partial charge is 0.298 e. The van der Waals surface area contributed by atoms with Gasteiger partial charge in [0.1, 0.15) is 5.82 Å². The molecular formula is C24H27N5O2. The van der Waals surface area contributed by atoms with Gasteiger partial charge in [-0.2, -0.15) is 5.10 Å². The first-order chi connectivity index (χ1) is 15.1. The van der Waals surface area contributed by atoms with Gasteiger partial charge in [-0.15, -0.1) is 0 Å². The second-order valence-electron chi connectivity index (χ2n) is 8.73. The molecule has 4 heterocycles. The van der Waals surface area contributed by atoms with Crippen molar-refractivity contribution in [2.45, 2.75) is 51.2 Å². The first-order valence-electron chi connectivity index (χ1n) is 11.0. The minimum absolute atomic E-state index is 0.165. The molecule has 0 radical (unpaired) electrons. The van der Waals surface area contributed by atoms with E-state index < -0.39 is 11.1 Å². The predicted molar refractivity (Wildman–Crippen MR) is 118 cm³/mol. The Labute approximate surface area is 181 Å². The highest BCUT2D eigenvalue weighted by Gasteiger charge is 2.47. The standard InChI is InChI=1S/C24H27N5O2/c1-2-18-6-8-19(9-7-18)15-27-13-10-24(17-27)11-14-28-21(30)22(31)29(26-23(24)28)16-20-5-3-4-12-25-20/h3-9,12H,2,10-11,13-17H2,1H3/t24-/m0/s1. The van der Waals surface area contributed by atoms with E-state index in [0.717, 1.165) is 50.4 Å². The molecule has 31 heavy (non-hydrogen) atoms. The molecule has 0 unspecified atom stereocenters. The number of pyridine rings is 1. The fourth-order valence-corrected chi connectivity index (χ4v) is 4.94. The Morgan fingerprint density at radius 3 is 2.45 bits per heavy atom. The van der Waals surface area contributed by atoms with Gasteiger partial charge in [-0.25, -0.2) is 4.68 Å². The number of likely N-dealkylation sites (tertiary alicyclic amines) is 1. The highest BCUT2D eigenvalue weighted by Crippen LogP contribution is 2.40. The first-order valence-corrected chi connectivity index (χ1v) is 11.0. The van der Waals surface area contributed by atoms with Crippen molar-refractivity contribution in [1.29, 1.82) is 0 Å². The van der Waals surface area contributed by atoms with Gasteiger partial charge in [0.15, 0.2) is 0 Å². The summed E-state index contributed by atoms with van der Waals surface area (Å²) >= 11 is 0. The Hall–Kier alpha value is -3.06. The van der Waals surface area contributed by atoms with Crippen LogP contribution in [0.3, 0.4) is 0 Å². The summed E-state index contributed by atoms with van der Waals surface area (Å²) in [7, 11) is 0. The maximum atomic E-state index is 12.8. The molecule has 7 nitrogen and oxygen atoms in total. The summed E-state index contributed by atoms with van der Waals surface area (Å²) in [4.78, 5) is 32.1. The third-order valence-corrected chi connectivity index (χ3v) is 6.73. The Balaban J connectivity index is 1.41. The predicted octanol–water partition coefficient (Wildman–Crippen LogP) is 1.96.